The molecule has 0 atom stereocenters. The molecular formula is C8H12FN3. The lowest BCUT2D eigenvalue weighted by atomic mass is 9.77. The number of alkyl halides is 1. The molecule has 2 rings (SSSR count). The van der Waals surface area contributed by atoms with Crippen molar-refractivity contribution in [1.82, 2.24) is 9.55 Å². The zero-order valence-electron chi connectivity index (χ0n) is 7.00. The molecule has 1 aliphatic carbocycles. The molecule has 1 fully saturated rings. The fraction of sp³-hybridized carbons (Fsp3) is 0.625. The standard InChI is InChI=1S/C8H12FN3/c1-12-3-2-11-7(12)8(9)4-6(10)5-8/h2-3,6H,4-5,10H2,1H3. The number of rotatable bonds is 1. The Morgan fingerprint density at radius 2 is 2.42 bits per heavy atom. The molecule has 0 spiro atoms. The largest absolute Gasteiger partial charge is 0.335 e. The monoisotopic (exact) mass is 169 g/mol. The Bertz CT molecular complexity index is 288. The normalized spacial score (nSPS) is 34.8. The summed E-state index contributed by atoms with van der Waals surface area (Å²) in [5.41, 5.74) is 4.27. The minimum atomic E-state index is -1.27. The van der Waals surface area contributed by atoms with Crippen molar-refractivity contribution in [2.45, 2.75) is 24.6 Å². The third kappa shape index (κ3) is 0.948. The van der Waals surface area contributed by atoms with Crippen LogP contribution in [0.3, 0.4) is 0 Å². The minimum absolute atomic E-state index is 0.00620. The molecule has 0 radical (unpaired) electrons. The van der Waals surface area contributed by atoms with Crippen LogP contribution in [0.4, 0.5) is 4.39 Å². The molecular weight excluding hydrogens is 157 g/mol. The fourth-order valence-electron chi connectivity index (χ4n) is 1.75. The zero-order chi connectivity index (χ0) is 8.77. The van der Waals surface area contributed by atoms with E-state index in [2.05, 4.69) is 4.98 Å². The van der Waals surface area contributed by atoms with Gasteiger partial charge in [0.05, 0.1) is 0 Å². The van der Waals surface area contributed by atoms with Crippen LogP contribution in [0.5, 0.6) is 0 Å². The number of hydrogen-bond donors (Lipinski definition) is 1. The van der Waals surface area contributed by atoms with E-state index in [-0.39, 0.29) is 6.04 Å². The lowest BCUT2D eigenvalue weighted by Gasteiger charge is -2.38. The van der Waals surface area contributed by atoms with E-state index in [9.17, 15) is 4.39 Å². The second-order valence-electron chi connectivity index (χ2n) is 3.50. The summed E-state index contributed by atoms with van der Waals surface area (Å²) < 4.78 is 15.5. The molecule has 0 saturated heterocycles. The first kappa shape index (κ1) is 7.73. The first-order valence-corrected chi connectivity index (χ1v) is 4.04. The third-order valence-electron chi connectivity index (χ3n) is 2.39. The van der Waals surface area contributed by atoms with Crippen molar-refractivity contribution in [2.24, 2.45) is 12.8 Å². The number of aromatic nitrogens is 2. The number of halogens is 1. The molecule has 0 aliphatic heterocycles. The number of hydrogen-bond acceptors (Lipinski definition) is 2. The highest BCUT2D eigenvalue weighted by Crippen LogP contribution is 2.43. The van der Waals surface area contributed by atoms with Crippen molar-refractivity contribution in [3.05, 3.63) is 18.2 Å². The summed E-state index contributed by atoms with van der Waals surface area (Å²) in [5, 5.41) is 0. The average Bonchev–Trinajstić information content (AvgIpc) is 2.32. The van der Waals surface area contributed by atoms with Crippen LogP contribution in [-0.2, 0) is 12.7 Å². The van der Waals surface area contributed by atoms with E-state index < -0.39 is 5.67 Å². The van der Waals surface area contributed by atoms with E-state index >= 15 is 0 Å². The van der Waals surface area contributed by atoms with Crippen molar-refractivity contribution >= 4 is 0 Å². The van der Waals surface area contributed by atoms with Crippen molar-refractivity contribution in [3.63, 3.8) is 0 Å². The van der Waals surface area contributed by atoms with Crippen molar-refractivity contribution in [3.8, 4) is 0 Å². The van der Waals surface area contributed by atoms with Gasteiger partial charge in [-0.05, 0) is 0 Å². The van der Waals surface area contributed by atoms with Gasteiger partial charge in [-0.2, -0.15) is 0 Å². The molecule has 1 aromatic heterocycles. The van der Waals surface area contributed by atoms with Gasteiger partial charge in [-0.25, -0.2) is 9.37 Å². The van der Waals surface area contributed by atoms with Gasteiger partial charge in [0.15, 0.2) is 5.67 Å². The van der Waals surface area contributed by atoms with Crippen LogP contribution in [0.2, 0.25) is 0 Å². The van der Waals surface area contributed by atoms with Crippen LogP contribution >= 0.6 is 0 Å². The smallest absolute Gasteiger partial charge is 0.171 e. The second-order valence-corrected chi connectivity index (χ2v) is 3.50. The van der Waals surface area contributed by atoms with Gasteiger partial charge in [-0.1, -0.05) is 0 Å². The SMILES string of the molecule is Cn1ccnc1C1(F)CC(N)C1. The van der Waals surface area contributed by atoms with Gasteiger partial charge in [-0.3, -0.25) is 0 Å². The average molecular weight is 169 g/mol. The van der Waals surface area contributed by atoms with Gasteiger partial charge in [0.25, 0.3) is 0 Å². The molecule has 1 aromatic rings. The molecule has 0 bridgehead atoms. The van der Waals surface area contributed by atoms with E-state index in [4.69, 9.17) is 5.73 Å². The maximum atomic E-state index is 13.8. The quantitative estimate of drug-likeness (QED) is 0.672. The Labute approximate surface area is 70.4 Å². The number of aryl methyl sites for hydroxylation is 1. The predicted octanol–water partition coefficient (Wildman–Crippen LogP) is 0.706. The molecule has 12 heavy (non-hydrogen) atoms. The van der Waals surface area contributed by atoms with E-state index in [1.54, 1.807) is 24.0 Å². The molecule has 66 valence electrons. The molecule has 0 aromatic carbocycles. The van der Waals surface area contributed by atoms with Crippen molar-refractivity contribution < 1.29 is 4.39 Å². The lowest BCUT2D eigenvalue weighted by Crippen LogP contribution is -2.47. The Kier molecular flexibility index (Phi) is 1.48. The van der Waals surface area contributed by atoms with E-state index in [0.29, 0.717) is 18.7 Å². The first-order valence-electron chi connectivity index (χ1n) is 4.04. The van der Waals surface area contributed by atoms with Crippen LogP contribution in [-0.4, -0.2) is 15.6 Å². The summed E-state index contributed by atoms with van der Waals surface area (Å²) in [5.74, 6) is 0.504. The molecule has 1 aliphatic rings. The number of nitrogens with two attached hydrogens (primary N) is 1. The van der Waals surface area contributed by atoms with E-state index in [0.717, 1.165) is 0 Å². The summed E-state index contributed by atoms with van der Waals surface area (Å²) in [6.07, 6.45) is 4.16. The molecule has 1 saturated carbocycles. The lowest BCUT2D eigenvalue weighted by molar-refractivity contribution is 0.0285. The molecule has 4 heteroatoms. The minimum Gasteiger partial charge on any atom is -0.335 e. The molecule has 0 amide bonds. The summed E-state index contributed by atoms with van der Waals surface area (Å²) in [4.78, 5) is 3.98. The predicted molar refractivity (Wildman–Crippen MR) is 43.2 cm³/mol. The van der Waals surface area contributed by atoms with Gasteiger partial charge < -0.3 is 10.3 Å². The van der Waals surface area contributed by atoms with Gasteiger partial charge in [0.2, 0.25) is 0 Å². The highest BCUT2D eigenvalue weighted by Gasteiger charge is 2.47. The molecule has 3 nitrogen and oxygen atoms in total. The van der Waals surface area contributed by atoms with Crippen molar-refractivity contribution in [1.29, 1.82) is 0 Å². The number of imidazole rings is 1. The van der Waals surface area contributed by atoms with Crippen LogP contribution in [0, 0.1) is 0 Å². The highest BCUT2D eigenvalue weighted by atomic mass is 19.1. The summed E-state index contributed by atoms with van der Waals surface area (Å²) in [6, 6.07) is 0.00620. The second kappa shape index (κ2) is 2.29. The molecule has 0 unspecified atom stereocenters. The molecule has 1 heterocycles. The summed E-state index contributed by atoms with van der Waals surface area (Å²) >= 11 is 0. The Hall–Kier alpha value is -0.900. The van der Waals surface area contributed by atoms with Gasteiger partial charge in [-0.15, -0.1) is 0 Å². The zero-order valence-corrected chi connectivity index (χ0v) is 7.00. The molecule has 2 N–H and O–H groups in total. The Balaban J connectivity index is 2.26. The Morgan fingerprint density at radius 1 is 1.75 bits per heavy atom. The summed E-state index contributed by atoms with van der Waals surface area (Å²) in [7, 11) is 1.80. The van der Waals surface area contributed by atoms with Crippen LogP contribution < -0.4 is 5.73 Å². The van der Waals surface area contributed by atoms with Gasteiger partial charge >= 0.3 is 0 Å². The number of nitrogens with zero attached hydrogens (tertiary/aromatic N) is 2. The Morgan fingerprint density at radius 3 is 2.83 bits per heavy atom. The first-order chi connectivity index (χ1) is 5.62. The topological polar surface area (TPSA) is 43.8 Å². The maximum absolute atomic E-state index is 13.8. The van der Waals surface area contributed by atoms with Crippen molar-refractivity contribution in [2.75, 3.05) is 0 Å². The third-order valence-corrected chi connectivity index (χ3v) is 2.39. The van der Waals surface area contributed by atoms with Crippen LogP contribution in [0.1, 0.15) is 18.7 Å². The van der Waals surface area contributed by atoms with Gasteiger partial charge in [0.1, 0.15) is 5.82 Å². The maximum Gasteiger partial charge on any atom is 0.171 e. The fourth-order valence-corrected chi connectivity index (χ4v) is 1.75. The highest BCUT2D eigenvalue weighted by molar-refractivity contribution is 5.12. The van der Waals surface area contributed by atoms with Crippen LogP contribution in [0.25, 0.3) is 0 Å². The van der Waals surface area contributed by atoms with E-state index in [1.165, 1.54) is 0 Å². The van der Waals surface area contributed by atoms with Gasteiger partial charge in [0, 0.05) is 38.3 Å². The summed E-state index contributed by atoms with van der Waals surface area (Å²) in [6.45, 7) is 0. The van der Waals surface area contributed by atoms with E-state index in [1.807, 2.05) is 0 Å². The van der Waals surface area contributed by atoms with Crippen LogP contribution in [0.15, 0.2) is 12.4 Å².